The molecular formula is C27H25NO4S. The van der Waals surface area contributed by atoms with Gasteiger partial charge >= 0.3 is 0 Å². The molecule has 0 heterocycles. The first kappa shape index (κ1) is 22.7. The molecule has 0 spiro atoms. The Morgan fingerprint density at radius 3 is 2.15 bits per heavy atom. The summed E-state index contributed by atoms with van der Waals surface area (Å²) >= 11 is 0. The number of aryl methyl sites for hydroxylation is 2. The number of nitrogens with one attached hydrogen (secondary N) is 1. The van der Waals surface area contributed by atoms with Gasteiger partial charge in [0.05, 0.1) is 10.6 Å². The third-order valence-corrected chi connectivity index (χ3v) is 7.23. The molecule has 1 fully saturated rings. The summed E-state index contributed by atoms with van der Waals surface area (Å²) in [6.07, 6.45) is 1.80. The number of carbonyl (C=O) groups excluding carboxylic acids is 2. The molecule has 6 heteroatoms. The van der Waals surface area contributed by atoms with Gasteiger partial charge < -0.3 is 0 Å². The van der Waals surface area contributed by atoms with E-state index in [1.807, 2.05) is 32.0 Å². The number of allylic oxidation sites excluding steroid dienone is 1. The molecule has 0 amide bonds. The molecule has 33 heavy (non-hydrogen) atoms. The van der Waals surface area contributed by atoms with Crippen molar-refractivity contribution in [2.45, 2.75) is 25.2 Å². The van der Waals surface area contributed by atoms with Crippen LogP contribution in [0, 0.1) is 25.7 Å². The highest BCUT2D eigenvalue weighted by atomic mass is 32.2. The Morgan fingerprint density at radius 1 is 0.848 bits per heavy atom. The van der Waals surface area contributed by atoms with Crippen LogP contribution in [0.25, 0.3) is 5.70 Å². The smallest absolute Gasteiger partial charge is 0.261 e. The molecule has 4 rings (SSSR count). The SMILES string of the molecule is Cc1ccc(S(=O)(=O)N/C(=C\C(=O)[C@@H]2C[C@H]2C(=O)c2ccccc2)c2ccccc2C)cc1. The maximum Gasteiger partial charge on any atom is 0.261 e. The summed E-state index contributed by atoms with van der Waals surface area (Å²) in [5, 5.41) is 0. The molecule has 3 aromatic carbocycles. The van der Waals surface area contributed by atoms with Gasteiger partial charge in [0.15, 0.2) is 11.6 Å². The number of sulfonamides is 1. The molecule has 2 atom stereocenters. The molecule has 1 saturated carbocycles. The van der Waals surface area contributed by atoms with Gasteiger partial charge in [-0.05, 0) is 38.0 Å². The molecule has 1 aliphatic rings. The quantitative estimate of drug-likeness (QED) is 0.391. The van der Waals surface area contributed by atoms with Crippen LogP contribution < -0.4 is 4.72 Å². The number of hydrogen-bond donors (Lipinski definition) is 1. The second-order valence-electron chi connectivity index (χ2n) is 8.37. The molecule has 5 nitrogen and oxygen atoms in total. The maximum atomic E-state index is 13.1. The zero-order valence-corrected chi connectivity index (χ0v) is 19.3. The van der Waals surface area contributed by atoms with Crippen molar-refractivity contribution in [3.05, 3.63) is 107 Å². The fraction of sp³-hybridized carbons (Fsp3) is 0.185. The Kier molecular flexibility index (Phi) is 6.29. The van der Waals surface area contributed by atoms with Crippen LogP contribution in [0.1, 0.15) is 33.5 Å². The van der Waals surface area contributed by atoms with Crippen LogP contribution in [-0.2, 0) is 14.8 Å². The van der Waals surface area contributed by atoms with E-state index >= 15 is 0 Å². The molecule has 3 aromatic rings. The molecule has 0 saturated heterocycles. The van der Waals surface area contributed by atoms with Gasteiger partial charge in [0.2, 0.25) is 0 Å². The van der Waals surface area contributed by atoms with Crippen molar-refractivity contribution in [3.63, 3.8) is 0 Å². The predicted octanol–water partition coefficient (Wildman–Crippen LogP) is 4.71. The van der Waals surface area contributed by atoms with E-state index in [-0.39, 0.29) is 28.1 Å². The van der Waals surface area contributed by atoms with Crippen LogP contribution >= 0.6 is 0 Å². The lowest BCUT2D eigenvalue weighted by atomic mass is 10.0. The van der Waals surface area contributed by atoms with E-state index in [0.29, 0.717) is 17.5 Å². The summed E-state index contributed by atoms with van der Waals surface area (Å²) in [5.74, 6) is -1.13. The van der Waals surface area contributed by atoms with Crippen molar-refractivity contribution in [3.8, 4) is 0 Å². The van der Waals surface area contributed by atoms with E-state index < -0.39 is 15.9 Å². The van der Waals surface area contributed by atoms with E-state index in [0.717, 1.165) is 11.1 Å². The first-order chi connectivity index (χ1) is 15.8. The Labute approximate surface area is 194 Å². The van der Waals surface area contributed by atoms with Gasteiger partial charge in [0.1, 0.15) is 0 Å². The zero-order valence-electron chi connectivity index (χ0n) is 18.5. The Morgan fingerprint density at radius 2 is 1.48 bits per heavy atom. The van der Waals surface area contributed by atoms with E-state index in [2.05, 4.69) is 4.72 Å². The van der Waals surface area contributed by atoms with Gasteiger partial charge in [-0.1, -0.05) is 72.3 Å². The van der Waals surface area contributed by atoms with Gasteiger partial charge in [-0.3, -0.25) is 14.3 Å². The average Bonchev–Trinajstić information content (AvgIpc) is 3.60. The van der Waals surface area contributed by atoms with E-state index in [4.69, 9.17) is 0 Å². The second kappa shape index (κ2) is 9.16. The Bertz CT molecular complexity index is 1330. The highest BCUT2D eigenvalue weighted by Gasteiger charge is 2.47. The number of hydrogen-bond acceptors (Lipinski definition) is 4. The topological polar surface area (TPSA) is 80.3 Å². The molecule has 0 radical (unpaired) electrons. The van der Waals surface area contributed by atoms with E-state index in [9.17, 15) is 18.0 Å². The van der Waals surface area contributed by atoms with Crippen LogP contribution in [0.4, 0.5) is 0 Å². The van der Waals surface area contributed by atoms with Gasteiger partial charge in [-0.2, -0.15) is 0 Å². The van der Waals surface area contributed by atoms with Crippen LogP contribution in [0.2, 0.25) is 0 Å². The molecular weight excluding hydrogens is 434 g/mol. The van der Waals surface area contributed by atoms with Gasteiger partial charge in [-0.15, -0.1) is 0 Å². The van der Waals surface area contributed by atoms with Crippen LogP contribution in [0.3, 0.4) is 0 Å². The summed E-state index contributed by atoms with van der Waals surface area (Å²) in [4.78, 5) is 25.9. The average molecular weight is 460 g/mol. The fourth-order valence-corrected chi connectivity index (χ4v) is 4.89. The Balaban J connectivity index is 1.62. The van der Waals surface area contributed by atoms with Crippen molar-refractivity contribution in [2.24, 2.45) is 11.8 Å². The minimum absolute atomic E-state index is 0.0555. The van der Waals surface area contributed by atoms with Crippen LogP contribution in [0.5, 0.6) is 0 Å². The predicted molar refractivity (Wildman–Crippen MR) is 128 cm³/mol. The number of rotatable bonds is 8. The lowest BCUT2D eigenvalue weighted by Crippen LogP contribution is -2.24. The van der Waals surface area contributed by atoms with Gasteiger partial charge in [-0.25, -0.2) is 8.42 Å². The third kappa shape index (κ3) is 5.12. The highest BCUT2D eigenvalue weighted by Crippen LogP contribution is 2.42. The third-order valence-electron chi connectivity index (χ3n) is 5.85. The van der Waals surface area contributed by atoms with Crippen LogP contribution in [0.15, 0.2) is 89.8 Å². The normalized spacial score (nSPS) is 17.9. The fourth-order valence-electron chi connectivity index (χ4n) is 3.82. The summed E-state index contributed by atoms with van der Waals surface area (Å²) in [5.41, 5.74) is 3.18. The molecule has 0 unspecified atom stereocenters. The van der Waals surface area contributed by atoms with E-state index in [1.165, 1.54) is 18.2 Å². The largest absolute Gasteiger partial charge is 0.294 e. The molecule has 168 valence electrons. The van der Waals surface area contributed by atoms with Crippen LogP contribution in [-0.4, -0.2) is 20.0 Å². The van der Waals surface area contributed by atoms with Crippen molar-refractivity contribution in [2.75, 3.05) is 0 Å². The number of Topliss-reactive ketones (excluding diaryl/α,β-unsaturated/α-hetero) is 1. The molecule has 0 aromatic heterocycles. The summed E-state index contributed by atoms with van der Waals surface area (Å²) in [6.45, 7) is 3.73. The molecule has 1 aliphatic carbocycles. The van der Waals surface area contributed by atoms with Crippen molar-refractivity contribution in [1.29, 1.82) is 0 Å². The summed E-state index contributed by atoms with van der Waals surface area (Å²) in [6, 6.07) is 22.7. The summed E-state index contributed by atoms with van der Waals surface area (Å²) < 4.78 is 28.7. The molecule has 0 bridgehead atoms. The number of carbonyl (C=O) groups is 2. The van der Waals surface area contributed by atoms with Crippen molar-refractivity contribution < 1.29 is 18.0 Å². The number of benzene rings is 3. The van der Waals surface area contributed by atoms with Crippen molar-refractivity contribution in [1.82, 2.24) is 4.72 Å². The minimum Gasteiger partial charge on any atom is -0.294 e. The summed E-state index contributed by atoms with van der Waals surface area (Å²) in [7, 11) is -3.90. The first-order valence-corrected chi connectivity index (χ1v) is 12.2. The molecule has 1 N–H and O–H groups in total. The second-order valence-corrected chi connectivity index (χ2v) is 10.1. The Hall–Kier alpha value is -3.51. The van der Waals surface area contributed by atoms with E-state index in [1.54, 1.807) is 48.5 Å². The van der Waals surface area contributed by atoms with Crippen molar-refractivity contribution >= 4 is 27.3 Å². The lowest BCUT2D eigenvalue weighted by Gasteiger charge is -2.14. The molecule has 0 aliphatic heterocycles. The monoisotopic (exact) mass is 459 g/mol. The van der Waals surface area contributed by atoms with Gasteiger partial charge in [0.25, 0.3) is 10.0 Å². The minimum atomic E-state index is -3.90. The lowest BCUT2D eigenvalue weighted by molar-refractivity contribution is -0.115. The standard InChI is InChI=1S/C27H25NO4S/c1-18-12-14-21(15-13-18)33(31,32)28-25(22-11-7-6-8-19(22)2)17-26(29)23-16-24(23)27(30)20-9-4-3-5-10-20/h3-15,17,23-24,28H,16H2,1-2H3/b25-17-/t23-,24-/m1/s1. The zero-order chi connectivity index (χ0) is 23.6. The maximum absolute atomic E-state index is 13.1. The highest BCUT2D eigenvalue weighted by molar-refractivity contribution is 7.89. The van der Waals surface area contributed by atoms with Gasteiger partial charge in [0, 0.05) is 29.0 Å². The first-order valence-electron chi connectivity index (χ1n) is 10.8. The number of ketones is 2.